The number of aryl methyl sites for hydroxylation is 1. The summed E-state index contributed by atoms with van der Waals surface area (Å²) in [5, 5.41) is 0.850. The van der Waals surface area contributed by atoms with Gasteiger partial charge >= 0.3 is 0 Å². The molecule has 0 aromatic heterocycles. The lowest BCUT2D eigenvalue weighted by molar-refractivity contribution is 0.345. The van der Waals surface area contributed by atoms with Crippen LogP contribution < -0.4 is 0 Å². The van der Waals surface area contributed by atoms with E-state index < -0.39 is 0 Å². The summed E-state index contributed by atoms with van der Waals surface area (Å²) in [5.41, 5.74) is 2.48. The third-order valence-electron chi connectivity index (χ3n) is 2.21. The Kier molecular flexibility index (Phi) is 3.76. The van der Waals surface area contributed by atoms with E-state index in [0.717, 1.165) is 23.7 Å². The largest absolute Gasteiger partial charge is 0.302 e. The number of halogens is 1. The van der Waals surface area contributed by atoms with Crippen LogP contribution in [0.3, 0.4) is 0 Å². The van der Waals surface area contributed by atoms with Gasteiger partial charge in [0.25, 0.3) is 0 Å². The van der Waals surface area contributed by atoms with E-state index in [9.17, 15) is 0 Å². The molecule has 72 valence electrons. The molecule has 0 atom stereocenters. The molecule has 0 N–H and O–H groups in total. The average Bonchev–Trinajstić information content (AvgIpc) is 2.11. The van der Waals surface area contributed by atoms with Crippen LogP contribution in [0.1, 0.15) is 18.1 Å². The van der Waals surface area contributed by atoms with Crippen LogP contribution in [0, 0.1) is 6.92 Å². The molecule has 0 aliphatic heterocycles. The van der Waals surface area contributed by atoms with E-state index in [1.54, 1.807) is 0 Å². The number of nitrogens with zero attached hydrogens (tertiary/aromatic N) is 1. The number of hydrogen-bond donors (Lipinski definition) is 0. The maximum atomic E-state index is 5.94. The minimum absolute atomic E-state index is 0.850. The lowest BCUT2D eigenvalue weighted by atomic mass is 10.1. The molecule has 13 heavy (non-hydrogen) atoms. The van der Waals surface area contributed by atoms with Crippen molar-refractivity contribution in [2.45, 2.75) is 20.4 Å². The molecule has 0 heterocycles. The van der Waals surface area contributed by atoms with E-state index in [0.29, 0.717) is 0 Å². The van der Waals surface area contributed by atoms with Crippen LogP contribution >= 0.6 is 11.6 Å². The van der Waals surface area contributed by atoms with Gasteiger partial charge < -0.3 is 4.90 Å². The fourth-order valence-electron chi connectivity index (χ4n) is 1.23. The van der Waals surface area contributed by atoms with Crippen molar-refractivity contribution in [2.24, 2.45) is 0 Å². The van der Waals surface area contributed by atoms with Gasteiger partial charge in [-0.2, -0.15) is 0 Å². The van der Waals surface area contributed by atoms with E-state index in [-0.39, 0.29) is 0 Å². The van der Waals surface area contributed by atoms with Gasteiger partial charge in [0.2, 0.25) is 0 Å². The van der Waals surface area contributed by atoms with Crippen molar-refractivity contribution in [1.29, 1.82) is 0 Å². The highest BCUT2D eigenvalue weighted by Gasteiger charge is 1.99. The van der Waals surface area contributed by atoms with Crippen molar-refractivity contribution in [3.63, 3.8) is 0 Å². The van der Waals surface area contributed by atoms with Crippen LogP contribution in [0.2, 0.25) is 5.02 Å². The highest BCUT2D eigenvalue weighted by atomic mass is 35.5. The molecule has 1 aromatic rings. The van der Waals surface area contributed by atoms with Gasteiger partial charge in [-0.25, -0.2) is 0 Å². The first kappa shape index (κ1) is 10.6. The lowest BCUT2D eigenvalue weighted by Crippen LogP contribution is -2.16. The monoisotopic (exact) mass is 197 g/mol. The third kappa shape index (κ3) is 3.02. The lowest BCUT2D eigenvalue weighted by Gasteiger charge is -2.14. The Morgan fingerprint density at radius 3 is 2.62 bits per heavy atom. The molecule has 1 rings (SSSR count). The molecule has 0 unspecified atom stereocenters. The standard InChI is InChI=1S/C11H16ClN/c1-4-13(3)8-10-5-6-11(12)9(2)7-10/h5-7H,4,8H2,1-3H3. The predicted molar refractivity (Wildman–Crippen MR) is 58.2 cm³/mol. The second kappa shape index (κ2) is 4.64. The molecule has 0 radical (unpaired) electrons. The Balaban J connectivity index is 2.73. The highest BCUT2D eigenvalue weighted by Crippen LogP contribution is 2.16. The summed E-state index contributed by atoms with van der Waals surface area (Å²) in [7, 11) is 2.12. The third-order valence-corrected chi connectivity index (χ3v) is 2.64. The maximum Gasteiger partial charge on any atom is 0.0435 e. The summed E-state index contributed by atoms with van der Waals surface area (Å²) in [6.45, 7) is 6.26. The van der Waals surface area contributed by atoms with Crippen LogP contribution in [0.5, 0.6) is 0 Å². The summed E-state index contributed by atoms with van der Waals surface area (Å²) in [6.07, 6.45) is 0. The number of hydrogen-bond acceptors (Lipinski definition) is 1. The zero-order chi connectivity index (χ0) is 9.84. The van der Waals surface area contributed by atoms with Crippen LogP contribution in [0.4, 0.5) is 0 Å². The topological polar surface area (TPSA) is 3.24 Å². The fraction of sp³-hybridized carbons (Fsp3) is 0.455. The van der Waals surface area contributed by atoms with Gasteiger partial charge in [-0.1, -0.05) is 30.7 Å². The maximum absolute atomic E-state index is 5.94. The smallest absolute Gasteiger partial charge is 0.0435 e. The first-order valence-corrected chi connectivity index (χ1v) is 4.95. The Bertz CT molecular complexity index is 283. The minimum Gasteiger partial charge on any atom is -0.302 e. The zero-order valence-corrected chi connectivity index (χ0v) is 9.23. The SMILES string of the molecule is CCN(C)Cc1ccc(Cl)c(C)c1. The van der Waals surface area contributed by atoms with Gasteiger partial charge in [0.1, 0.15) is 0 Å². The predicted octanol–water partition coefficient (Wildman–Crippen LogP) is 3.10. The van der Waals surface area contributed by atoms with Gasteiger partial charge in [-0.3, -0.25) is 0 Å². The summed E-state index contributed by atoms with van der Waals surface area (Å²) in [4.78, 5) is 2.27. The molecule has 0 saturated carbocycles. The summed E-state index contributed by atoms with van der Waals surface area (Å²) in [6, 6.07) is 6.20. The van der Waals surface area contributed by atoms with Crippen molar-refractivity contribution in [3.8, 4) is 0 Å². The quantitative estimate of drug-likeness (QED) is 0.720. The van der Waals surface area contributed by atoms with Crippen LogP contribution in [-0.2, 0) is 6.54 Å². The molecular weight excluding hydrogens is 182 g/mol. The van der Waals surface area contributed by atoms with Gasteiger partial charge in [-0.05, 0) is 37.7 Å². The molecule has 0 aliphatic rings. The highest BCUT2D eigenvalue weighted by molar-refractivity contribution is 6.31. The second-order valence-corrected chi connectivity index (χ2v) is 3.82. The number of rotatable bonds is 3. The number of benzene rings is 1. The van der Waals surface area contributed by atoms with Crippen molar-refractivity contribution >= 4 is 11.6 Å². The normalized spacial score (nSPS) is 10.8. The molecule has 0 saturated heterocycles. The van der Waals surface area contributed by atoms with E-state index >= 15 is 0 Å². The first-order valence-electron chi connectivity index (χ1n) is 4.57. The van der Waals surface area contributed by atoms with E-state index in [1.807, 2.05) is 13.0 Å². The fourth-order valence-corrected chi connectivity index (χ4v) is 1.35. The van der Waals surface area contributed by atoms with E-state index in [1.165, 1.54) is 5.56 Å². The second-order valence-electron chi connectivity index (χ2n) is 3.41. The first-order chi connectivity index (χ1) is 6.13. The van der Waals surface area contributed by atoms with E-state index in [2.05, 4.69) is 31.0 Å². The van der Waals surface area contributed by atoms with E-state index in [4.69, 9.17) is 11.6 Å². The Labute approximate surface area is 85.3 Å². The van der Waals surface area contributed by atoms with Gasteiger partial charge in [0, 0.05) is 11.6 Å². The summed E-state index contributed by atoms with van der Waals surface area (Å²) >= 11 is 5.94. The van der Waals surface area contributed by atoms with Crippen LogP contribution in [0.15, 0.2) is 18.2 Å². The molecule has 0 amide bonds. The Morgan fingerprint density at radius 1 is 1.38 bits per heavy atom. The van der Waals surface area contributed by atoms with Crippen molar-refractivity contribution in [3.05, 3.63) is 34.3 Å². The molecule has 1 nitrogen and oxygen atoms in total. The minimum atomic E-state index is 0.850. The molecule has 2 heteroatoms. The van der Waals surface area contributed by atoms with Gasteiger partial charge in [0.15, 0.2) is 0 Å². The Hall–Kier alpha value is -0.530. The summed E-state index contributed by atoms with van der Waals surface area (Å²) in [5.74, 6) is 0. The molecule has 0 fully saturated rings. The van der Waals surface area contributed by atoms with Crippen molar-refractivity contribution in [2.75, 3.05) is 13.6 Å². The molecule has 1 aromatic carbocycles. The van der Waals surface area contributed by atoms with Crippen LogP contribution in [-0.4, -0.2) is 18.5 Å². The van der Waals surface area contributed by atoms with Crippen molar-refractivity contribution < 1.29 is 0 Å². The summed E-state index contributed by atoms with van der Waals surface area (Å²) < 4.78 is 0. The van der Waals surface area contributed by atoms with Gasteiger partial charge in [-0.15, -0.1) is 0 Å². The molecule has 0 bridgehead atoms. The zero-order valence-electron chi connectivity index (χ0n) is 8.47. The van der Waals surface area contributed by atoms with Crippen LogP contribution in [0.25, 0.3) is 0 Å². The Morgan fingerprint density at radius 2 is 2.08 bits per heavy atom. The molecule has 0 spiro atoms. The van der Waals surface area contributed by atoms with Gasteiger partial charge in [0.05, 0.1) is 0 Å². The molecular formula is C11H16ClN. The average molecular weight is 198 g/mol. The van der Waals surface area contributed by atoms with Crippen molar-refractivity contribution in [1.82, 2.24) is 4.90 Å². The molecule has 0 aliphatic carbocycles.